The first-order chi connectivity index (χ1) is 6.29. The quantitative estimate of drug-likeness (QED) is 0.735. The van der Waals surface area contributed by atoms with Gasteiger partial charge in [0, 0.05) is 18.3 Å². The number of aliphatic carboxylic acids is 1. The molecule has 1 saturated carbocycles. The molecule has 1 aromatic rings. The third-order valence-electron chi connectivity index (χ3n) is 2.51. The lowest BCUT2D eigenvalue weighted by atomic mass is 9.73. The molecule has 4 nitrogen and oxygen atoms in total. The molecule has 1 aliphatic rings. The average molecular weight is 178 g/mol. The zero-order valence-electron chi connectivity index (χ0n) is 7.05. The monoisotopic (exact) mass is 178 g/mol. The molecule has 1 aliphatic carbocycles. The Labute approximate surface area is 75.6 Å². The summed E-state index contributed by atoms with van der Waals surface area (Å²) < 4.78 is 0. The fourth-order valence-electron chi connectivity index (χ4n) is 1.61. The Balaban J connectivity index is 2.15. The SMILES string of the molecule is O=C(O)[C@H]1CC[C@H]1c1ncccn1. The predicted octanol–water partition coefficient (Wildman–Crippen LogP) is 1.05. The molecule has 0 aromatic carbocycles. The van der Waals surface area contributed by atoms with E-state index in [0.29, 0.717) is 5.82 Å². The van der Waals surface area contributed by atoms with E-state index in [1.165, 1.54) is 0 Å². The van der Waals surface area contributed by atoms with Crippen molar-refractivity contribution in [1.82, 2.24) is 9.97 Å². The molecule has 0 radical (unpaired) electrons. The molecule has 1 fully saturated rings. The Morgan fingerprint density at radius 3 is 2.54 bits per heavy atom. The van der Waals surface area contributed by atoms with E-state index in [0.717, 1.165) is 12.8 Å². The first kappa shape index (κ1) is 8.16. The highest BCUT2D eigenvalue weighted by Gasteiger charge is 2.39. The second-order valence-corrected chi connectivity index (χ2v) is 3.24. The van der Waals surface area contributed by atoms with Crippen LogP contribution in [0.1, 0.15) is 24.6 Å². The molecule has 1 heterocycles. The van der Waals surface area contributed by atoms with E-state index in [2.05, 4.69) is 9.97 Å². The van der Waals surface area contributed by atoms with Gasteiger partial charge in [-0.05, 0) is 18.9 Å². The van der Waals surface area contributed by atoms with E-state index in [4.69, 9.17) is 5.11 Å². The number of carboxylic acid groups (broad SMARTS) is 1. The lowest BCUT2D eigenvalue weighted by molar-refractivity contribution is -0.145. The second kappa shape index (κ2) is 3.12. The van der Waals surface area contributed by atoms with Crippen LogP contribution in [0.4, 0.5) is 0 Å². The normalized spacial score (nSPS) is 26.5. The maximum Gasteiger partial charge on any atom is 0.307 e. The van der Waals surface area contributed by atoms with Crippen molar-refractivity contribution in [3.63, 3.8) is 0 Å². The number of rotatable bonds is 2. The molecule has 68 valence electrons. The van der Waals surface area contributed by atoms with Gasteiger partial charge in [-0.2, -0.15) is 0 Å². The van der Waals surface area contributed by atoms with Crippen LogP contribution in [0.25, 0.3) is 0 Å². The number of carboxylic acids is 1. The minimum atomic E-state index is -0.733. The topological polar surface area (TPSA) is 63.1 Å². The maximum absolute atomic E-state index is 10.7. The van der Waals surface area contributed by atoms with Gasteiger partial charge in [0.1, 0.15) is 5.82 Å². The Hall–Kier alpha value is -1.45. The molecule has 4 heteroatoms. The van der Waals surface area contributed by atoms with Gasteiger partial charge in [0.2, 0.25) is 0 Å². The number of hydrogen-bond donors (Lipinski definition) is 1. The molecule has 0 amide bonds. The molecule has 0 unspecified atom stereocenters. The van der Waals surface area contributed by atoms with Crippen molar-refractivity contribution in [3.8, 4) is 0 Å². The summed E-state index contributed by atoms with van der Waals surface area (Å²) in [5.41, 5.74) is 0. The van der Waals surface area contributed by atoms with Gasteiger partial charge in [0.25, 0.3) is 0 Å². The molecule has 2 rings (SSSR count). The molecule has 0 aliphatic heterocycles. The Bertz CT molecular complexity index is 313. The van der Waals surface area contributed by atoms with Gasteiger partial charge in [-0.3, -0.25) is 4.79 Å². The van der Waals surface area contributed by atoms with Gasteiger partial charge in [-0.15, -0.1) is 0 Å². The van der Waals surface area contributed by atoms with Gasteiger partial charge in [0.05, 0.1) is 5.92 Å². The van der Waals surface area contributed by atoms with Crippen molar-refractivity contribution in [3.05, 3.63) is 24.3 Å². The highest BCUT2D eigenvalue weighted by atomic mass is 16.4. The van der Waals surface area contributed by atoms with Crippen molar-refractivity contribution in [2.45, 2.75) is 18.8 Å². The molecule has 0 bridgehead atoms. The summed E-state index contributed by atoms with van der Waals surface area (Å²) >= 11 is 0. The number of nitrogens with zero attached hydrogens (tertiary/aromatic N) is 2. The lowest BCUT2D eigenvalue weighted by Crippen LogP contribution is -2.32. The second-order valence-electron chi connectivity index (χ2n) is 3.24. The molecule has 13 heavy (non-hydrogen) atoms. The molecule has 0 spiro atoms. The predicted molar refractivity (Wildman–Crippen MR) is 45.1 cm³/mol. The largest absolute Gasteiger partial charge is 0.481 e. The molecule has 2 atom stereocenters. The van der Waals surface area contributed by atoms with E-state index in [9.17, 15) is 4.79 Å². The fourth-order valence-corrected chi connectivity index (χ4v) is 1.61. The molecular weight excluding hydrogens is 168 g/mol. The van der Waals surface area contributed by atoms with Crippen molar-refractivity contribution >= 4 is 5.97 Å². The van der Waals surface area contributed by atoms with Gasteiger partial charge in [0.15, 0.2) is 0 Å². The summed E-state index contributed by atoms with van der Waals surface area (Å²) in [6, 6.07) is 1.73. The summed E-state index contributed by atoms with van der Waals surface area (Å²) in [7, 11) is 0. The van der Waals surface area contributed by atoms with Crippen LogP contribution in [0, 0.1) is 5.92 Å². The van der Waals surface area contributed by atoms with Crippen LogP contribution in [-0.2, 0) is 4.79 Å². The molecule has 1 N–H and O–H groups in total. The average Bonchev–Trinajstić information content (AvgIpc) is 2.02. The van der Waals surface area contributed by atoms with Crippen LogP contribution in [0.3, 0.4) is 0 Å². The van der Waals surface area contributed by atoms with E-state index >= 15 is 0 Å². The highest BCUT2D eigenvalue weighted by molar-refractivity contribution is 5.72. The molecule has 0 saturated heterocycles. The minimum absolute atomic E-state index is 0.0266. The standard InChI is InChI=1S/C9H10N2O2/c12-9(13)7-3-2-6(7)8-10-4-1-5-11-8/h1,4-7H,2-3H2,(H,12,13)/t6-,7+/m1/s1. The van der Waals surface area contributed by atoms with Gasteiger partial charge in [-0.1, -0.05) is 0 Å². The summed E-state index contributed by atoms with van der Waals surface area (Å²) in [6.07, 6.45) is 4.94. The summed E-state index contributed by atoms with van der Waals surface area (Å²) in [5.74, 6) is -0.314. The Morgan fingerprint density at radius 2 is 2.08 bits per heavy atom. The van der Waals surface area contributed by atoms with E-state index < -0.39 is 5.97 Å². The van der Waals surface area contributed by atoms with Crippen LogP contribution >= 0.6 is 0 Å². The van der Waals surface area contributed by atoms with Crippen LogP contribution < -0.4 is 0 Å². The third-order valence-corrected chi connectivity index (χ3v) is 2.51. The van der Waals surface area contributed by atoms with Crippen LogP contribution in [0.5, 0.6) is 0 Å². The smallest absolute Gasteiger partial charge is 0.307 e. The van der Waals surface area contributed by atoms with Gasteiger partial charge in [-0.25, -0.2) is 9.97 Å². The lowest BCUT2D eigenvalue weighted by Gasteiger charge is -2.31. The van der Waals surface area contributed by atoms with Gasteiger partial charge >= 0.3 is 5.97 Å². The van der Waals surface area contributed by atoms with Crippen LogP contribution in [0.2, 0.25) is 0 Å². The van der Waals surface area contributed by atoms with E-state index in [1.54, 1.807) is 18.5 Å². The van der Waals surface area contributed by atoms with Crippen molar-refractivity contribution < 1.29 is 9.90 Å². The molecular formula is C9H10N2O2. The summed E-state index contributed by atoms with van der Waals surface area (Å²) in [5, 5.41) is 8.81. The summed E-state index contributed by atoms with van der Waals surface area (Å²) in [6.45, 7) is 0. The fraction of sp³-hybridized carbons (Fsp3) is 0.444. The van der Waals surface area contributed by atoms with E-state index in [1.807, 2.05) is 0 Å². The van der Waals surface area contributed by atoms with Gasteiger partial charge < -0.3 is 5.11 Å². The van der Waals surface area contributed by atoms with Crippen molar-refractivity contribution in [1.29, 1.82) is 0 Å². The number of carbonyl (C=O) groups is 1. The number of hydrogen-bond acceptors (Lipinski definition) is 3. The third kappa shape index (κ3) is 1.39. The minimum Gasteiger partial charge on any atom is -0.481 e. The molecule has 1 aromatic heterocycles. The Kier molecular flexibility index (Phi) is 1.96. The van der Waals surface area contributed by atoms with E-state index in [-0.39, 0.29) is 11.8 Å². The van der Waals surface area contributed by atoms with Crippen molar-refractivity contribution in [2.24, 2.45) is 5.92 Å². The number of aromatic nitrogens is 2. The van der Waals surface area contributed by atoms with Crippen LogP contribution in [0.15, 0.2) is 18.5 Å². The highest BCUT2D eigenvalue weighted by Crippen LogP contribution is 2.40. The Morgan fingerprint density at radius 1 is 1.38 bits per heavy atom. The zero-order chi connectivity index (χ0) is 9.26. The maximum atomic E-state index is 10.7. The first-order valence-corrected chi connectivity index (χ1v) is 4.29. The summed E-state index contributed by atoms with van der Waals surface area (Å²) in [4.78, 5) is 18.8. The van der Waals surface area contributed by atoms with Crippen molar-refractivity contribution in [2.75, 3.05) is 0 Å². The van der Waals surface area contributed by atoms with Crippen LogP contribution in [-0.4, -0.2) is 21.0 Å². The first-order valence-electron chi connectivity index (χ1n) is 4.29. The zero-order valence-corrected chi connectivity index (χ0v) is 7.05.